The number of hydrogen-bond acceptors (Lipinski definition) is 7. The molecule has 0 aliphatic carbocycles. The second kappa shape index (κ2) is 6.11. The van der Waals surface area contributed by atoms with Gasteiger partial charge in [0.2, 0.25) is 5.16 Å². The molecule has 2 rings (SSSR count). The predicted octanol–water partition coefficient (Wildman–Crippen LogP) is 1.46. The molecule has 0 aliphatic heterocycles. The first-order valence-corrected chi connectivity index (χ1v) is 6.85. The van der Waals surface area contributed by atoms with Crippen LogP contribution in [0.2, 0.25) is 0 Å². The lowest BCUT2D eigenvalue weighted by molar-refractivity contribution is -0.141. The first-order valence-electron chi connectivity index (χ1n) is 5.24. The van der Waals surface area contributed by atoms with Gasteiger partial charge >= 0.3 is 5.97 Å². The van der Waals surface area contributed by atoms with Gasteiger partial charge in [-0.25, -0.2) is 9.67 Å². The van der Waals surface area contributed by atoms with Gasteiger partial charge in [-0.2, -0.15) is 0 Å². The highest BCUT2D eigenvalue weighted by atomic mass is 79.9. The number of nitrogens with zero attached hydrogens (tertiary/aromatic N) is 5. The molecule has 0 unspecified atom stereocenters. The maximum absolute atomic E-state index is 11.2. The van der Waals surface area contributed by atoms with Crippen LogP contribution in [0.1, 0.15) is 5.69 Å². The lowest BCUT2D eigenvalue weighted by Gasteiger charge is -2.04. The van der Waals surface area contributed by atoms with Gasteiger partial charge in [-0.3, -0.25) is 4.79 Å². The number of esters is 1. The minimum Gasteiger partial charge on any atom is -0.468 e. The second-order valence-electron chi connectivity index (χ2n) is 3.51. The van der Waals surface area contributed by atoms with Gasteiger partial charge in [-0.15, -0.1) is 5.10 Å². The van der Waals surface area contributed by atoms with Crippen molar-refractivity contribution in [3.05, 3.63) is 22.3 Å². The van der Waals surface area contributed by atoms with Crippen LogP contribution in [0.3, 0.4) is 0 Å². The van der Waals surface area contributed by atoms with E-state index in [0.29, 0.717) is 5.16 Å². The summed E-state index contributed by atoms with van der Waals surface area (Å²) in [5.41, 5.74) is 0.872. The molecule has 19 heavy (non-hydrogen) atoms. The molecule has 9 heteroatoms. The number of methoxy groups -OCH3 is 1. The molecule has 7 nitrogen and oxygen atoms in total. The number of tetrazole rings is 1. The van der Waals surface area contributed by atoms with Crippen molar-refractivity contribution >= 4 is 33.7 Å². The van der Waals surface area contributed by atoms with Gasteiger partial charge < -0.3 is 4.74 Å². The molecule has 0 N–H and O–H groups in total. The zero-order valence-corrected chi connectivity index (χ0v) is 12.6. The number of ether oxygens (including phenoxy) is 1. The number of pyridine rings is 1. The third kappa shape index (κ3) is 3.51. The normalized spacial score (nSPS) is 10.5. The Labute approximate surface area is 121 Å². The maximum Gasteiger partial charge on any atom is 0.327 e. The van der Waals surface area contributed by atoms with E-state index >= 15 is 0 Å². The molecule has 0 saturated heterocycles. The Morgan fingerprint density at radius 2 is 2.32 bits per heavy atom. The van der Waals surface area contributed by atoms with E-state index in [1.165, 1.54) is 23.6 Å². The summed E-state index contributed by atoms with van der Waals surface area (Å²) >= 11 is 4.67. The monoisotopic (exact) mass is 343 g/mol. The van der Waals surface area contributed by atoms with Gasteiger partial charge in [0.05, 0.1) is 12.8 Å². The van der Waals surface area contributed by atoms with Gasteiger partial charge in [0, 0.05) is 4.47 Å². The maximum atomic E-state index is 11.2. The van der Waals surface area contributed by atoms with Crippen molar-refractivity contribution in [2.24, 2.45) is 0 Å². The van der Waals surface area contributed by atoms with Crippen molar-refractivity contribution in [1.29, 1.82) is 0 Å². The fourth-order valence-electron chi connectivity index (χ4n) is 1.23. The van der Waals surface area contributed by atoms with Crippen molar-refractivity contribution in [2.75, 3.05) is 7.11 Å². The molecule has 0 bridgehead atoms. The number of hydrogen-bond donors (Lipinski definition) is 0. The molecule has 0 aliphatic rings. The second-order valence-corrected chi connectivity index (χ2v) is 5.36. The lowest BCUT2D eigenvalue weighted by atomic mass is 10.4. The van der Waals surface area contributed by atoms with Gasteiger partial charge in [-0.05, 0) is 57.2 Å². The largest absolute Gasteiger partial charge is 0.468 e. The molecular formula is C10H10BrN5O2S. The summed E-state index contributed by atoms with van der Waals surface area (Å²) in [6, 6.07) is 3.75. The quantitative estimate of drug-likeness (QED) is 0.777. The Morgan fingerprint density at radius 3 is 3.00 bits per heavy atom. The Kier molecular flexibility index (Phi) is 4.48. The molecule has 0 spiro atoms. The van der Waals surface area contributed by atoms with E-state index in [4.69, 9.17) is 0 Å². The van der Waals surface area contributed by atoms with Crippen molar-refractivity contribution < 1.29 is 9.53 Å². The average Bonchev–Trinajstić information content (AvgIpc) is 2.81. The summed E-state index contributed by atoms with van der Waals surface area (Å²) in [4.78, 5) is 15.6. The molecule has 0 radical (unpaired) electrons. The van der Waals surface area contributed by atoms with Gasteiger partial charge in [0.1, 0.15) is 11.6 Å². The Balaban J connectivity index is 2.17. The third-order valence-corrected chi connectivity index (χ3v) is 3.95. The summed E-state index contributed by atoms with van der Waals surface area (Å²) in [5, 5.41) is 12.4. The van der Waals surface area contributed by atoms with Crippen LogP contribution < -0.4 is 0 Å². The zero-order valence-electron chi connectivity index (χ0n) is 10.2. The van der Waals surface area contributed by atoms with Crippen LogP contribution in [-0.4, -0.2) is 38.3 Å². The summed E-state index contributed by atoms with van der Waals surface area (Å²) in [7, 11) is 1.32. The molecule has 2 aromatic heterocycles. The number of carbonyl (C=O) groups excluding carboxylic acids is 1. The van der Waals surface area contributed by atoms with E-state index in [1.807, 2.05) is 19.1 Å². The summed E-state index contributed by atoms with van der Waals surface area (Å²) < 4.78 is 6.88. The highest BCUT2D eigenvalue weighted by molar-refractivity contribution is 9.10. The van der Waals surface area contributed by atoms with Crippen molar-refractivity contribution in [3.63, 3.8) is 0 Å². The van der Waals surface area contributed by atoms with Gasteiger partial charge in [-0.1, -0.05) is 0 Å². The number of rotatable bonds is 4. The molecule has 0 fully saturated rings. The van der Waals surface area contributed by atoms with E-state index in [2.05, 4.69) is 41.2 Å². The molecule has 0 atom stereocenters. The highest BCUT2D eigenvalue weighted by Crippen LogP contribution is 2.25. The smallest absolute Gasteiger partial charge is 0.327 e. The highest BCUT2D eigenvalue weighted by Gasteiger charge is 2.13. The molecular weight excluding hydrogens is 334 g/mol. The van der Waals surface area contributed by atoms with Crippen LogP contribution in [0.25, 0.3) is 0 Å². The molecule has 2 heterocycles. The topological polar surface area (TPSA) is 82.8 Å². The fourth-order valence-corrected chi connectivity index (χ4v) is 2.24. The first-order chi connectivity index (χ1) is 9.10. The van der Waals surface area contributed by atoms with E-state index in [9.17, 15) is 4.79 Å². The standard InChI is InChI=1S/C10H10BrN5O2S/c1-6-7(11)3-4-8(12-6)19-10-13-14-15-16(10)5-9(17)18-2/h3-4H,5H2,1-2H3. The molecule has 0 amide bonds. The third-order valence-electron chi connectivity index (χ3n) is 2.20. The lowest BCUT2D eigenvalue weighted by Crippen LogP contribution is -2.13. The molecule has 0 saturated carbocycles. The van der Waals surface area contributed by atoms with Gasteiger partial charge in [0.15, 0.2) is 0 Å². The van der Waals surface area contributed by atoms with E-state index in [-0.39, 0.29) is 6.54 Å². The van der Waals surface area contributed by atoms with Crippen LogP contribution in [0.5, 0.6) is 0 Å². The Bertz CT molecular complexity index is 603. The summed E-state index contributed by atoms with van der Waals surface area (Å²) in [6.07, 6.45) is 0. The van der Waals surface area contributed by atoms with Crippen LogP contribution in [0.4, 0.5) is 0 Å². The van der Waals surface area contributed by atoms with E-state index < -0.39 is 5.97 Å². The fraction of sp³-hybridized carbons (Fsp3) is 0.300. The number of aryl methyl sites for hydroxylation is 1. The zero-order chi connectivity index (χ0) is 13.8. The van der Waals surface area contributed by atoms with E-state index in [1.54, 1.807) is 0 Å². The predicted molar refractivity (Wildman–Crippen MR) is 70.6 cm³/mol. The Morgan fingerprint density at radius 1 is 1.53 bits per heavy atom. The number of carbonyl (C=O) groups is 1. The average molecular weight is 344 g/mol. The van der Waals surface area contributed by atoms with Gasteiger partial charge in [0.25, 0.3) is 0 Å². The van der Waals surface area contributed by atoms with Crippen LogP contribution in [0, 0.1) is 6.92 Å². The van der Waals surface area contributed by atoms with Crippen molar-refractivity contribution in [3.8, 4) is 0 Å². The van der Waals surface area contributed by atoms with Crippen LogP contribution in [0.15, 0.2) is 26.8 Å². The first kappa shape index (κ1) is 13.9. The molecule has 2 aromatic rings. The number of aromatic nitrogens is 5. The molecule has 0 aromatic carbocycles. The van der Waals surface area contributed by atoms with Crippen LogP contribution in [-0.2, 0) is 16.1 Å². The molecule has 100 valence electrons. The minimum absolute atomic E-state index is 0.0264. The van der Waals surface area contributed by atoms with E-state index in [0.717, 1.165) is 15.2 Å². The summed E-state index contributed by atoms with van der Waals surface area (Å²) in [6.45, 7) is 1.87. The Hall–Kier alpha value is -1.48. The summed E-state index contributed by atoms with van der Waals surface area (Å²) in [5.74, 6) is -0.408. The van der Waals surface area contributed by atoms with Crippen molar-refractivity contribution in [2.45, 2.75) is 23.7 Å². The van der Waals surface area contributed by atoms with Crippen LogP contribution >= 0.6 is 27.7 Å². The van der Waals surface area contributed by atoms with Crippen molar-refractivity contribution in [1.82, 2.24) is 25.2 Å². The number of halogens is 1. The minimum atomic E-state index is -0.408. The SMILES string of the molecule is COC(=O)Cn1nnnc1Sc1ccc(Br)c(C)n1.